The maximum Gasteiger partial charge on any atom is -0.0235 e. The lowest BCUT2D eigenvalue weighted by Crippen LogP contribution is -2.00. The van der Waals surface area contributed by atoms with E-state index < -0.39 is 0 Å². The molecule has 0 bridgehead atoms. The molecule has 2 rings (SSSR count). The first-order chi connectivity index (χ1) is 8.85. The first-order valence-electron chi connectivity index (χ1n) is 6.98. The fraction of sp³-hybridized carbons (Fsp3) is 0.333. The van der Waals surface area contributed by atoms with Crippen LogP contribution in [0.15, 0.2) is 48.5 Å². The van der Waals surface area contributed by atoms with E-state index in [0.29, 0.717) is 0 Å². The van der Waals surface area contributed by atoms with Crippen molar-refractivity contribution in [3.8, 4) is 0 Å². The molecule has 0 spiro atoms. The Kier molecular flexibility index (Phi) is 4.58. The second kappa shape index (κ2) is 6.39. The Morgan fingerprint density at radius 1 is 0.667 bits per heavy atom. The van der Waals surface area contributed by atoms with Gasteiger partial charge in [-0.3, -0.25) is 0 Å². The lowest BCUT2D eigenvalue weighted by atomic mass is 9.93. The zero-order valence-electron chi connectivity index (χ0n) is 11.4. The first kappa shape index (κ1) is 12.9. The molecular formula is C18H22. The summed E-state index contributed by atoms with van der Waals surface area (Å²) >= 11 is 0. The maximum absolute atomic E-state index is 2.29. The molecule has 0 aromatic heterocycles. The Labute approximate surface area is 111 Å². The van der Waals surface area contributed by atoms with Crippen LogP contribution < -0.4 is 0 Å². The molecule has 0 aliphatic rings. The molecule has 0 aliphatic carbocycles. The predicted octanol–water partition coefficient (Wildman–Crippen LogP) is 4.60. The Morgan fingerprint density at radius 2 is 1.39 bits per heavy atom. The van der Waals surface area contributed by atoms with E-state index in [4.69, 9.17) is 0 Å². The quantitative estimate of drug-likeness (QED) is 0.714. The second-order valence-electron chi connectivity index (χ2n) is 4.75. The van der Waals surface area contributed by atoms with Crippen LogP contribution in [0.2, 0.25) is 0 Å². The second-order valence-corrected chi connectivity index (χ2v) is 4.75. The molecule has 0 aliphatic heterocycles. The smallest absolute Gasteiger partial charge is 0.0235 e. The summed E-state index contributed by atoms with van der Waals surface area (Å²) in [6.07, 6.45) is 4.58. The molecule has 0 heteroatoms. The van der Waals surface area contributed by atoms with Gasteiger partial charge in [-0.2, -0.15) is 0 Å². The van der Waals surface area contributed by atoms with Crippen LogP contribution in [0.25, 0.3) is 0 Å². The molecule has 0 saturated carbocycles. The SMILES string of the molecule is CCc1cccc(CCc2ccccc2)c1CC. The van der Waals surface area contributed by atoms with Gasteiger partial charge in [0.05, 0.1) is 0 Å². The first-order valence-corrected chi connectivity index (χ1v) is 6.98. The molecule has 0 nitrogen and oxygen atoms in total. The van der Waals surface area contributed by atoms with Crippen molar-refractivity contribution in [3.05, 3.63) is 70.8 Å². The average molecular weight is 238 g/mol. The Morgan fingerprint density at radius 3 is 2.06 bits per heavy atom. The minimum absolute atomic E-state index is 1.14. The van der Waals surface area contributed by atoms with Crippen LogP contribution in [0.5, 0.6) is 0 Å². The highest BCUT2D eigenvalue weighted by atomic mass is 14.1. The van der Waals surface area contributed by atoms with Gasteiger partial charge in [-0.15, -0.1) is 0 Å². The fourth-order valence-electron chi connectivity index (χ4n) is 2.63. The third-order valence-corrected chi connectivity index (χ3v) is 3.63. The number of hydrogen-bond donors (Lipinski definition) is 0. The fourth-order valence-corrected chi connectivity index (χ4v) is 2.63. The summed E-state index contributed by atoms with van der Waals surface area (Å²) in [4.78, 5) is 0. The summed E-state index contributed by atoms with van der Waals surface area (Å²) in [5, 5.41) is 0. The van der Waals surface area contributed by atoms with Crippen molar-refractivity contribution in [2.24, 2.45) is 0 Å². The van der Waals surface area contributed by atoms with Gasteiger partial charge in [0.15, 0.2) is 0 Å². The number of benzene rings is 2. The number of hydrogen-bond acceptors (Lipinski definition) is 0. The summed E-state index contributed by atoms with van der Waals surface area (Å²) in [7, 11) is 0. The third-order valence-electron chi connectivity index (χ3n) is 3.63. The summed E-state index contributed by atoms with van der Waals surface area (Å²) < 4.78 is 0. The molecule has 0 fully saturated rings. The highest BCUT2D eigenvalue weighted by molar-refractivity contribution is 5.36. The third kappa shape index (κ3) is 3.01. The minimum Gasteiger partial charge on any atom is -0.0622 e. The molecule has 0 saturated heterocycles. The average Bonchev–Trinajstić information content (AvgIpc) is 2.45. The largest absolute Gasteiger partial charge is 0.0622 e. The van der Waals surface area contributed by atoms with Crippen molar-refractivity contribution in [1.82, 2.24) is 0 Å². The van der Waals surface area contributed by atoms with Gasteiger partial charge >= 0.3 is 0 Å². The highest BCUT2D eigenvalue weighted by Gasteiger charge is 2.05. The monoisotopic (exact) mass is 238 g/mol. The number of rotatable bonds is 5. The van der Waals surface area contributed by atoms with Gasteiger partial charge in [0.1, 0.15) is 0 Å². The van der Waals surface area contributed by atoms with Crippen LogP contribution >= 0.6 is 0 Å². The van der Waals surface area contributed by atoms with E-state index in [1.54, 1.807) is 5.56 Å². The van der Waals surface area contributed by atoms with Gasteiger partial charge in [-0.1, -0.05) is 62.4 Å². The lowest BCUT2D eigenvalue weighted by Gasteiger charge is -2.12. The van der Waals surface area contributed by atoms with E-state index >= 15 is 0 Å². The van der Waals surface area contributed by atoms with Gasteiger partial charge in [-0.25, -0.2) is 0 Å². The molecule has 2 aromatic rings. The summed E-state index contributed by atoms with van der Waals surface area (Å²) in [6.45, 7) is 4.51. The van der Waals surface area contributed by atoms with Crippen molar-refractivity contribution in [2.75, 3.05) is 0 Å². The van der Waals surface area contributed by atoms with Crippen LogP contribution in [0, 0.1) is 0 Å². The van der Waals surface area contributed by atoms with E-state index in [2.05, 4.69) is 62.4 Å². The van der Waals surface area contributed by atoms with E-state index in [1.807, 2.05) is 0 Å². The summed E-state index contributed by atoms with van der Waals surface area (Å²) in [5.74, 6) is 0. The molecule has 0 amide bonds. The summed E-state index contributed by atoms with van der Waals surface area (Å²) in [6, 6.07) is 17.5. The highest BCUT2D eigenvalue weighted by Crippen LogP contribution is 2.18. The minimum atomic E-state index is 1.14. The van der Waals surface area contributed by atoms with Gasteiger partial charge < -0.3 is 0 Å². The molecular weight excluding hydrogens is 216 g/mol. The van der Waals surface area contributed by atoms with Crippen molar-refractivity contribution in [2.45, 2.75) is 39.5 Å². The van der Waals surface area contributed by atoms with E-state index in [1.165, 1.54) is 16.7 Å². The Balaban J connectivity index is 2.14. The van der Waals surface area contributed by atoms with Crippen LogP contribution in [0.4, 0.5) is 0 Å². The zero-order valence-corrected chi connectivity index (χ0v) is 11.4. The van der Waals surface area contributed by atoms with Crippen molar-refractivity contribution in [1.29, 1.82) is 0 Å². The van der Waals surface area contributed by atoms with Gasteiger partial charge in [0.2, 0.25) is 0 Å². The zero-order chi connectivity index (χ0) is 12.8. The molecule has 0 radical (unpaired) electrons. The normalized spacial score (nSPS) is 10.6. The van der Waals surface area contributed by atoms with E-state index in [9.17, 15) is 0 Å². The van der Waals surface area contributed by atoms with Gasteiger partial charge in [-0.05, 0) is 47.9 Å². The Hall–Kier alpha value is -1.56. The van der Waals surface area contributed by atoms with Crippen LogP contribution in [0.1, 0.15) is 36.1 Å². The molecule has 0 unspecified atom stereocenters. The van der Waals surface area contributed by atoms with E-state index in [0.717, 1.165) is 25.7 Å². The van der Waals surface area contributed by atoms with Crippen LogP contribution in [-0.4, -0.2) is 0 Å². The maximum atomic E-state index is 2.29. The van der Waals surface area contributed by atoms with Gasteiger partial charge in [0.25, 0.3) is 0 Å². The van der Waals surface area contributed by atoms with Crippen LogP contribution in [-0.2, 0) is 25.7 Å². The molecule has 2 aromatic carbocycles. The summed E-state index contributed by atoms with van der Waals surface area (Å²) in [5.41, 5.74) is 6.04. The Bertz CT molecular complexity index is 483. The van der Waals surface area contributed by atoms with Crippen molar-refractivity contribution >= 4 is 0 Å². The molecule has 0 heterocycles. The standard InChI is InChI=1S/C18H22/c1-3-16-11-8-12-17(18(16)4-2)14-13-15-9-6-5-7-10-15/h5-12H,3-4,13-14H2,1-2H3. The molecule has 18 heavy (non-hydrogen) atoms. The van der Waals surface area contributed by atoms with Crippen molar-refractivity contribution < 1.29 is 0 Å². The van der Waals surface area contributed by atoms with E-state index in [-0.39, 0.29) is 0 Å². The number of aryl methyl sites for hydroxylation is 3. The molecule has 0 atom stereocenters. The topological polar surface area (TPSA) is 0 Å². The van der Waals surface area contributed by atoms with Gasteiger partial charge in [0, 0.05) is 0 Å². The lowest BCUT2D eigenvalue weighted by molar-refractivity contribution is 0.913. The van der Waals surface area contributed by atoms with Crippen molar-refractivity contribution in [3.63, 3.8) is 0 Å². The predicted molar refractivity (Wildman–Crippen MR) is 79.0 cm³/mol. The molecule has 94 valence electrons. The van der Waals surface area contributed by atoms with Crippen LogP contribution in [0.3, 0.4) is 0 Å². The molecule has 0 N–H and O–H groups in total.